The summed E-state index contributed by atoms with van der Waals surface area (Å²) in [5.41, 5.74) is 0. The van der Waals surface area contributed by atoms with Crippen molar-refractivity contribution in [2.75, 3.05) is 39.3 Å². The second-order valence-corrected chi connectivity index (χ2v) is 5.49. The van der Waals surface area contributed by atoms with Crippen LogP contribution in [-0.4, -0.2) is 65.4 Å². The molecule has 0 saturated carbocycles. The molecule has 1 atom stereocenters. The average molecular weight is 260 g/mol. The van der Waals surface area contributed by atoms with Gasteiger partial charge in [-0.2, -0.15) is 12.6 Å². The fourth-order valence-electron chi connectivity index (χ4n) is 2.03. The van der Waals surface area contributed by atoms with Gasteiger partial charge < -0.3 is 10.0 Å². The molecule has 1 fully saturated rings. The molecule has 17 heavy (non-hydrogen) atoms. The van der Waals surface area contributed by atoms with Gasteiger partial charge in [0, 0.05) is 26.2 Å². The molecule has 0 aromatic heterocycles. The zero-order chi connectivity index (χ0) is 12.8. The van der Waals surface area contributed by atoms with Gasteiger partial charge >= 0.3 is 0 Å². The summed E-state index contributed by atoms with van der Waals surface area (Å²) in [7, 11) is 0. The van der Waals surface area contributed by atoms with Crippen molar-refractivity contribution < 1.29 is 9.90 Å². The van der Waals surface area contributed by atoms with Crippen molar-refractivity contribution in [3.8, 4) is 0 Å². The number of thiol groups is 1. The zero-order valence-corrected chi connectivity index (χ0v) is 11.7. The highest BCUT2D eigenvalue weighted by molar-refractivity contribution is 7.81. The van der Waals surface area contributed by atoms with Crippen LogP contribution in [0.25, 0.3) is 0 Å². The Bertz CT molecular complexity index is 249. The summed E-state index contributed by atoms with van der Waals surface area (Å²) in [4.78, 5) is 16.3. The van der Waals surface area contributed by atoms with Crippen molar-refractivity contribution in [2.24, 2.45) is 5.92 Å². The number of carbonyl (C=O) groups excluding carboxylic acids is 1. The zero-order valence-electron chi connectivity index (χ0n) is 10.8. The minimum Gasteiger partial charge on any atom is -0.395 e. The van der Waals surface area contributed by atoms with E-state index in [0.717, 1.165) is 32.6 Å². The minimum atomic E-state index is -0.195. The highest BCUT2D eigenvalue weighted by Gasteiger charge is 2.25. The Labute approximate surface area is 109 Å². The first-order valence-electron chi connectivity index (χ1n) is 6.36. The van der Waals surface area contributed by atoms with Gasteiger partial charge in [-0.25, -0.2) is 0 Å². The smallest absolute Gasteiger partial charge is 0.235 e. The maximum absolute atomic E-state index is 12.1. The largest absolute Gasteiger partial charge is 0.395 e. The number of rotatable bonds is 4. The summed E-state index contributed by atoms with van der Waals surface area (Å²) in [6, 6.07) is 0. The van der Waals surface area contributed by atoms with Crippen molar-refractivity contribution in [1.29, 1.82) is 0 Å². The Morgan fingerprint density at radius 3 is 2.59 bits per heavy atom. The molecule has 1 heterocycles. The summed E-state index contributed by atoms with van der Waals surface area (Å²) < 4.78 is 0. The van der Waals surface area contributed by atoms with E-state index in [1.54, 1.807) is 0 Å². The Hall–Kier alpha value is -0.260. The molecule has 0 radical (unpaired) electrons. The molecule has 100 valence electrons. The van der Waals surface area contributed by atoms with E-state index in [4.69, 9.17) is 5.11 Å². The summed E-state index contributed by atoms with van der Waals surface area (Å²) in [5, 5.41) is 8.72. The number of aliphatic hydroxyl groups excluding tert-OH is 1. The van der Waals surface area contributed by atoms with Crippen LogP contribution >= 0.6 is 12.6 Å². The van der Waals surface area contributed by atoms with Crippen molar-refractivity contribution in [1.82, 2.24) is 9.80 Å². The number of amides is 1. The summed E-state index contributed by atoms with van der Waals surface area (Å²) >= 11 is 4.38. The van der Waals surface area contributed by atoms with Gasteiger partial charge in [-0.1, -0.05) is 13.8 Å². The van der Waals surface area contributed by atoms with Gasteiger partial charge in [-0.3, -0.25) is 9.69 Å². The van der Waals surface area contributed by atoms with Crippen molar-refractivity contribution >= 4 is 18.5 Å². The quantitative estimate of drug-likeness (QED) is 0.722. The third-order valence-corrected chi connectivity index (χ3v) is 4.02. The molecule has 1 rings (SSSR count). The highest BCUT2D eigenvalue weighted by atomic mass is 32.1. The summed E-state index contributed by atoms with van der Waals surface area (Å²) in [6.07, 6.45) is 0.977. The minimum absolute atomic E-state index is 0.147. The molecule has 0 aromatic carbocycles. The predicted molar refractivity (Wildman–Crippen MR) is 72.3 cm³/mol. The highest BCUT2D eigenvalue weighted by Crippen LogP contribution is 2.14. The van der Waals surface area contributed by atoms with Crippen LogP contribution in [0.5, 0.6) is 0 Å². The van der Waals surface area contributed by atoms with Gasteiger partial charge in [0.25, 0.3) is 0 Å². The van der Waals surface area contributed by atoms with Crippen LogP contribution in [0.1, 0.15) is 20.3 Å². The number of hydrogen-bond acceptors (Lipinski definition) is 4. The van der Waals surface area contributed by atoms with Gasteiger partial charge in [0.05, 0.1) is 11.9 Å². The molecule has 1 saturated heterocycles. The lowest BCUT2D eigenvalue weighted by Gasteiger charge is -2.25. The molecular weight excluding hydrogens is 236 g/mol. The lowest BCUT2D eigenvalue weighted by atomic mass is 10.1. The number of nitrogens with zero attached hydrogens (tertiary/aromatic N) is 2. The van der Waals surface area contributed by atoms with Crippen molar-refractivity contribution in [3.63, 3.8) is 0 Å². The molecule has 0 aromatic rings. The van der Waals surface area contributed by atoms with Gasteiger partial charge in [-0.15, -0.1) is 0 Å². The third-order valence-electron chi connectivity index (χ3n) is 3.20. The number of hydrogen-bond donors (Lipinski definition) is 2. The van der Waals surface area contributed by atoms with Crippen LogP contribution in [0.2, 0.25) is 0 Å². The van der Waals surface area contributed by atoms with E-state index in [2.05, 4.69) is 17.5 Å². The van der Waals surface area contributed by atoms with Gasteiger partial charge in [0.2, 0.25) is 5.91 Å². The molecule has 1 amide bonds. The van der Waals surface area contributed by atoms with Gasteiger partial charge in [0.15, 0.2) is 0 Å². The van der Waals surface area contributed by atoms with E-state index in [-0.39, 0.29) is 23.7 Å². The molecule has 1 unspecified atom stereocenters. The van der Waals surface area contributed by atoms with Crippen LogP contribution in [0, 0.1) is 5.92 Å². The van der Waals surface area contributed by atoms with Crippen molar-refractivity contribution in [3.05, 3.63) is 0 Å². The predicted octanol–water partition coefficient (Wildman–Crippen LogP) is 0.467. The van der Waals surface area contributed by atoms with Crippen molar-refractivity contribution in [2.45, 2.75) is 25.5 Å². The number of carbonyl (C=O) groups is 1. The van der Waals surface area contributed by atoms with Crippen LogP contribution in [0.3, 0.4) is 0 Å². The Morgan fingerprint density at radius 1 is 1.29 bits per heavy atom. The second kappa shape index (κ2) is 7.24. The molecule has 1 aliphatic heterocycles. The summed E-state index contributed by atoms with van der Waals surface area (Å²) in [6.45, 7) is 8.31. The van der Waals surface area contributed by atoms with Crippen LogP contribution in [0.15, 0.2) is 0 Å². The fourth-order valence-corrected chi connectivity index (χ4v) is 2.19. The maximum Gasteiger partial charge on any atom is 0.235 e. The standard InChI is InChI=1S/C12H24N2O2S/c1-10(2)11(17)12(16)14-5-3-4-13(6-7-14)8-9-15/h10-11,15,17H,3-9H2,1-2H3. The molecule has 1 N–H and O–H groups in total. The second-order valence-electron chi connectivity index (χ2n) is 4.93. The third kappa shape index (κ3) is 4.48. The summed E-state index contributed by atoms with van der Waals surface area (Å²) in [5.74, 6) is 0.414. The van der Waals surface area contributed by atoms with Crippen LogP contribution in [0.4, 0.5) is 0 Å². The van der Waals surface area contributed by atoms with E-state index in [1.807, 2.05) is 18.7 Å². The Balaban J connectivity index is 2.48. The van der Waals surface area contributed by atoms with E-state index in [9.17, 15) is 4.79 Å². The average Bonchev–Trinajstić information content (AvgIpc) is 2.53. The molecule has 0 aliphatic carbocycles. The maximum atomic E-state index is 12.1. The first kappa shape index (κ1) is 14.8. The first-order valence-corrected chi connectivity index (χ1v) is 6.88. The van der Waals surface area contributed by atoms with E-state index in [1.165, 1.54) is 0 Å². The van der Waals surface area contributed by atoms with E-state index >= 15 is 0 Å². The van der Waals surface area contributed by atoms with E-state index in [0.29, 0.717) is 6.54 Å². The van der Waals surface area contributed by atoms with Crippen LogP contribution < -0.4 is 0 Å². The molecule has 1 aliphatic rings. The molecular formula is C12H24N2O2S. The molecule has 0 bridgehead atoms. The number of aliphatic hydroxyl groups is 1. The molecule has 4 nitrogen and oxygen atoms in total. The molecule has 5 heteroatoms. The van der Waals surface area contributed by atoms with E-state index < -0.39 is 0 Å². The Morgan fingerprint density at radius 2 is 2.00 bits per heavy atom. The van der Waals surface area contributed by atoms with Gasteiger partial charge in [-0.05, 0) is 18.9 Å². The SMILES string of the molecule is CC(C)C(S)C(=O)N1CCCN(CCO)CC1. The lowest BCUT2D eigenvalue weighted by Crippen LogP contribution is -2.41. The topological polar surface area (TPSA) is 43.8 Å². The fraction of sp³-hybridized carbons (Fsp3) is 0.917. The molecule has 0 spiro atoms. The Kier molecular flexibility index (Phi) is 6.30. The first-order chi connectivity index (χ1) is 8.06. The van der Waals surface area contributed by atoms with Gasteiger partial charge in [0.1, 0.15) is 0 Å². The normalized spacial score (nSPS) is 20.4. The monoisotopic (exact) mass is 260 g/mol. The lowest BCUT2D eigenvalue weighted by molar-refractivity contribution is -0.131. The number of β-amino-alcohol motifs (C(OH)–C–C–N with tert-alkyl or cyclic N) is 1. The van der Waals surface area contributed by atoms with Crippen LogP contribution in [-0.2, 0) is 4.79 Å².